The van der Waals surface area contributed by atoms with E-state index in [-0.39, 0.29) is 35.8 Å². The number of carbonyl (C=O) groups excluding carboxylic acids is 1. The summed E-state index contributed by atoms with van der Waals surface area (Å²) in [5.74, 6) is -0.505. The first-order valence-corrected chi connectivity index (χ1v) is 15.5. The summed E-state index contributed by atoms with van der Waals surface area (Å²) in [7, 11) is 0.184. The zero-order chi connectivity index (χ0) is 31.1. The number of halogens is 4. The highest BCUT2D eigenvalue weighted by molar-refractivity contribution is 7.30. The van der Waals surface area contributed by atoms with Gasteiger partial charge in [-0.3, -0.25) is 4.79 Å². The number of nitrogens with zero attached hydrogens (tertiary/aromatic N) is 3. The molecule has 6 aromatic rings. The molecular formula is C31H25F4N4O3S2+. The maximum atomic E-state index is 15.0. The third-order valence-corrected chi connectivity index (χ3v) is 9.43. The van der Waals surface area contributed by atoms with Crippen LogP contribution in [-0.4, -0.2) is 44.0 Å². The second-order valence-corrected chi connectivity index (χ2v) is 12.3. The summed E-state index contributed by atoms with van der Waals surface area (Å²) in [6.45, 7) is 0. The van der Waals surface area contributed by atoms with E-state index in [4.69, 9.17) is 9.06 Å². The Hall–Kier alpha value is -4.33. The number of benzene rings is 3. The molecule has 1 saturated carbocycles. The van der Waals surface area contributed by atoms with Crippen molar-refractivity contribution in [3.8, 4) is 32.4 Å². The molecule has 3 heterocycles. The minimum atomic E-state index is -4.54. The van der Waals surface area contributed by atoms with Crippen LogP contribution in [0, 0.1) is 5.82 Å². The van der Waals surface area contributed by atoms with Crippen molar-refractivity contribution in [2.75, 3.05) is 7.11 Å². The van der Waals surface area contributed by atoms with E-state index in [2.05, 4.69) is 14.6 Å². The van der Waals surface area contributed by atoms with Crippen molar-refractivity contribution in [3.63, 3.8) is 0 Å². The molecule has 3 aromatic heterocycles. The molecule has 7 rings (SSSR count). The summed E-state index contributed by atoms with van der Waals surface area (Å²) in [5.41, 5.74) is 1.63. The highest BCUT2D eigenvalue weighted by atomic mass is 32.2. The Morgan fingerprint density at radius 2 is 1.75 bits per heavy atom. The van der Waals surface area contributed by atoms with E-state index in [0.29, 0.717) is 33.6 Å². The van der Waals surface area contributed by atoms with Gasteiger partial charge in [0.05, 0.1) is 15.9 Å². The molecule has 1 atom stereocenters. The summed E-state index contributed by atoms with van der Waals surface area (Å²) < 4.78 is 67.9. The molecule has 13 heteroatoms. The van der Waals surface area contributed by atoms with Gasteiger partial charge in [0.15, 0.2) is 12.1 Å². The van der Waals surface area contributed by atoms with E-state index in [0.717, 1.165) is 29.6 Å². The number of alkyl halides is 3. The van der Waals surface area contributed by atoms with Gasteiger partial charge >= 0.3 is 17.1 Å². The van der Waals surface area contributed by atoms with Gasteiger partial charge in [-0.2, -0.15) is 18.3 Å². The number of aromatic amines is 1. The smallest absolute Gasteiger partial charge is 0.400 e. The van der Waals surface area contributed by atoms with Gasteiger partial charge < -0.3 is 5.11 Å². The molecule has 0 aliphatic heterocycles. The number of nitrogens with one attached hydrogen (secondary N) is 1. The lowest BCUT2D eigenvalue weighted by Crippen LogP contribution is -2.30. The fourth-order valence-corrected chi connectivity index (χ4v) is 6.70. The van der Waals surface area contributed by atoms with Crippen molar-refractivity contribution in [2.45, 2.75) is 30.9 Å². The highest BCUT2D eigenvalue weighted by Crippen LogP contribution is 2.60. The number of hydrogen-bond acceptors (Lipinski definition) is 6. The average Bonchev–Trinajstić information content (AvgIpc) is 3.96. The zero-order valence-electron chi connectivity index (χ0n) is 23.1. The van der Waals surface area contributed by atoms with Crippen LogP contribution in [-0.2, 0) is 11.8 Å². The van der Waals surface area contributed by atoms with Crippen molar-refractivity contribution in [1.29, 1.82) is 0 Å². The Morgan fingerprint density at radius 3 is 2.36 bits per heavy atom. The van der Waals surface area contributed by atoms with Crippen molar-refractivity contribution in [2.24, 2.45) is 0 Å². The third kappa shape index (κ3) is 5.42. The van der Waals surface area contributed by atoms with Crippen LogP contribution in [0.4, 0.5) is 17.6 Å². The molecule has 1 unspecified atom stereocenters. The van der Waals surface area contributed by atoms with Crippen LogP contribution in [0.3, 0.4) is 0 Å². The summed E-state index contributed by atoms with van der Waals surface area (Å²) in [4.78, 5) is 16.1. The fourth-order valence-electron chi connectivity index (χ4n) is 5.24. The molecule has 1 fully saturated rings. The number of rotatable bonds is 8. The quantitative estimate of drug-likeness (QED) is 0.0996. The van der Waals surface area contributed by atoms with E-state index in [9.17, 15) is 18.0 Å². The standard InChI is InChI=1S/C30H21F4N4O2S2.CH4O/c31-24-14-18(9-10-25(24)42-37-40-42)13-23-26(21-8-4-7-20(15-21)19-5-2-1-3-6-19)38(28-35-22(16-39)17-41-28)36-27(23)29(11-12-29)30(32,33)34;1-2/h1-10,14-17,37H,11-13H2;2H,1H3/q+1;. The number of aliphatic hydroxyl groups excluding tert-OH is 1. The number of hydrogen-bond donors (Lipinski definition) is 2. The molecule has 2 N–H and O–H groups in total. The molecule has 0 bridgehead atoms. The van der Waals surface area contributed by atoms with Crippen LogP contribution in [0.25, 0.3) is 32.4 Å². The van der Waals surface area contributed by atoms with E-state index in [1.807, 2.05) is 54.6 Å². The van der Waals surface area contributed by atoms with E-state index in [1.165, 1.54) is 16.1 Å². The van der Waals surface area contributed by atoms with Gasteiger partial charge in [0.1, 0.15) is 11.1 Å². The van der Waals surface area contributed by atoms with Gasteiger partial charge in [-0.25, -0.2) is 14.1 Å². The van der Waals surface area contributed by atoms with Gasteiger partial charge in [0, 0.05) is 36.1 Å². The molecule has 0 amide bonds. The normalized spacial score (nSPS) is 14.3. The van der Waals surface area contributed by atoms with Gasteiger partial charge in [0.25, 0.3) is 4.90 Å². The monoisotopic (exact) mass is 641 g/mol. The number of aliphatic hydroxyl groups is 1. The molecule has 1 aliphatic rings. The van der Waals surface area contributed by atoms with Crippen molar-refractivity contribution in [1.82, 2.24) is 19.3 Å². The first-order valence-electron chi connectivity index (χ1n) is 13.4. The topological polar surface area (TPSA) is 96.9 Å². The number of H-pyrrole nitrogens is 1. The lowest BCUT2D eigenvalue weighted by atomic mass is 9.90. The fraction of sp³-hybridized carbons (Fsp3) is 0.194. The Kier molecular flexibility index (Phi) is 7.86. The number of aromatic nitrogens is 4. The molecule has 7 nitrogen and oxygen atoms in total. The summed E-state index contributed by atoms with van der Waals surface area (Å²) in [6.07, 6.45) is -4.14. The van der Waals surface area contributed by atoms with Crippen molar-refractivity contribution < 1.29 is 31.4 Å². The van der Waals surface area contributed by atoms with E-state index in [1.54, 1.807) is 12.1 Å². The highest BCUT2D eigenvalue weighted by Gasteiger charge is 2.66. The summed E-state index contributed by atoms with van der Waals surface area (Å²) >= 11 is 1.11. The summed E-state index contributed by atoms with van der Waals surface area (Å²) in [6, 6.07) is 21.7. The minimum absolute atomic E-state index is 0.00321. The minimum Gasteiger partial charge on any atom is -0.400 e. The Morgan fingerprint density at radius 1 is 1.05 bits per heavy atom. The molecule has 3 aromatic carbocycles. The molecule has 44 heavy (non-hydrogen) atoms. The molecule has 0 saturated heterocycles. The Labute approximate surface area is 255 Å². The second-order valence-electron chi connectivity index (χ2n) is 10.2. The molecule has 1 aliphatic carbocycles. The largest absolute Gasteiger partial charge is 0.400 e. The van der Waals surface area contributed by atoms with Crippen LogP contribution in [0.15, 0.2) is 82.1 Å². The Bertz CT molecular complexity index is 1900. The molecular weight excluding hydrogens is 616 g/mol. The lowest BCUT2D eigenvalue weighted by molar-refractivity contribution is -0.161. The Balaban J connectivity index is 0.00000168. The molecule has 0 radical (unpaired) electrons. The maximum Gasteiger partial charge on any atom is 0.400 e. The van der Waals surface area contributed by atoms with Crippen LogP contribution in [0.5, 0.6) is 0 Å². The van der Waals surface area contributed by atoms with Crippen molar-refractivity contribution >= 4 is 28.6 Å². The first-order chi connectivity index (χ1) is 21.3. The lowest BCUT2D eigenvalue weighted by Gasteiger charge is -2.19. The predicted octanol–water partition coefficient (Wildman–Crippen LogP) is 8.07. The van der Waals surface area contributed by atoms with E-state index >= 15 is 4.39 Å². The van der Waals surface area contributed by atoms with Crippen LogP contribution in [0.2, 0.25) is 0 Å². The number of thiazole rings is 1. The predicted molar refractivity (Wildman–Crippen MR) is 160 cm³/mol. The van der Waals surface area contributed by atoms with Crippen LogP contribution < -0.4 is 0 Å². The number of aldehydes is 1. The van der Waals surface area contributed by atoms with Crippen molar-refractivity contribution in [3.05, 3.63) is 107 Å². The average molecular weight is 642 g/mol. The van der Waals surface area contributed by atoms with Crippen LogP contribution in [0.1, 0.15) is 40.2 Å². The zero-order valence-corrected chi connectivity index (χ0v) is 24.8. The molecule has 0 spiro atoms. The van der Waals surface area contributed by atoms with E-state index < -0.39 is 28.4 Å². The first kappa shape index (κ1) is 29.7. The van der Waals surface area contributed by atoms with Gasteiger partial charge in [0.2, 0.25) is 5.13 Å². The second kappa shape index (κ2) is 11.6. The third-order valence-electron chi connectivity index (χ3n) is 7.53. The van der Waals surface area contributed by atoms with Gasteiger partial charge in [-0.05, 0) is 41.7 Å². The van der Waals surface area contributed by atoms with Gasteiger partial charge in [-0.15, -0.1) is 11.3 Å². The molecule has 226 valence electrons. The summed E-state index contributed by atoms with van der Waals surface area (Å²) in [5, 5.41) is 13.4. The maximum absolute atomic E-state index is 15.0. The van der Waals surface area contributed by atoms with Crippen LogP contribution >= 0.6 is 22.3 Å². The SMILES string of the molecule is CO.O=Cc1csc(-n2nc(C3(C(F)(F)F)CC3)c(Cc3ccc(-[s+]4[nH]o4)c(F)c3)c2-c2cccc(-c3ccccc3)c2)n1. The number of carbonyl (C=O) groups is 1. The van der Waals surface area contributed by atoms with Gasteiger partial charge in [-0.1, -0.05) is 58.6 Å².